The van der Waals surface area contributed by atoms with Crippen LogP contribution in [0, 0.1) is 16.1 Å². The molecule has 178 valence electrons. The zero-order valence-corrected chi connectivity index (χ0v) is 21.4. The van der Waals surface area contributed by atoms with Crippen LogP contribution in [0.5, 0.6) is 0 Å². The fourth-order valence-electron chi connectivity index (χ4n) is 5.64. The molecule has 2 heterocycles. The molecule has 5 rings (SSSR count). The van der Waals surface area contributed by atoms with Crippen molar-refractivity contribution < 1.29 is 0 Å². The van der Waals surface area contributed by atoms with Crippen molar-refractivity contribution >= 4 is 29.1 Å². The van der Waals surface area contributed by atoms with Gasteiger partial charge in [-0.05, 0) is 85.0 Å². The molecule has 0 aliphatic heterocycles. The molecule has 2 aromatic heterocycles. The molecule has 1 aliphatic rings. The molecule has 0 bridgehead atoms. The number of aromatic nitrogens is 4. The molecule has 6 heteroatoms. The second kappa shape index (κ2) is 9.06. The average molecular weight is 474 g/mol. The van der Waals surface area contributed by atoms with Gasteiger partial charge in [0, 0.05) is 0 Å². The van der Waals surface area contributed by atoms with Crippen molar-refractivity contribution in [1.29, 1.82) is 0 Å². The van der Waals surface area contributed by atoms with E-state index in [4.69, 9.17) is 12.2 Å². The zero-order chi connectivity index (χ0) is 23.9. The van der Waals surface area contributed by atoms with Gasteiger partial charge in [-0.2, -0.15) is 0 Å². The van der Waals surface area contributed by atoms with Gasteiger partial charge < -0.3 is 15.3 Å². The van der Waals surface area contributed by atoms with E-state index in [-0.39, 0.29) is 5.41 Å². The first-order valence-electron chi connectivity index (χ1n) is 12.4. The van der Waals surface area contributed by atoms with Crippen molar-refractivity contribution in [3.05, 3.63) is 70.4 Å². The molecule has 0 saturated heterocycles. The minimum absolute atomic E-state index is 0.280. The Kier molecular flexibility index (Phi) is 6.11. The molecule has 2 aromatic carbocycles. The number of fused-ring (bicyclic) bond motifs is 2. The molecular formula is C28H35N5S. The predicted molar refractivity (Wildman–Crippen MR) is 143 cm³/mol. The van der Waals surface area contributed by atoms with Crippen LogP contribution in [0.1, 0.15) is 69.8 Å². The molecule has 0 fully saturated rings. The van der Waals surface area contributed by atoms with Gasteiger partial charge >= 0.3 is 0 Å². The maximum absolute atomic E-state index is 5.89. The number of hydrogen-bond acceptors (Lipinski definition) is 3. The van der Waals surface area contributed by atoms with Gasteiger partial charge in [0.25, 0.3) is 0 Å². The molecule has 0 saturated carbocycles. The summed E-state index contributed by atoms with van der Waals surface area (Å²) in [4.78, 5) is 11.2. The number of aryl methyl sites for hydroxylation is 1. The highest BCUT2D eigenvalue weighted by Gasteiger charge is 2.25. The molecule has 0 radical (unpaired) electrons. The molecule has 34 heavy (non-hydrogen) atoms. The van der Waals surface area contributed by atoms with Gasteiger partial charge in [-0.15, -0.1) is 0 Å². The summed E-state index contributed by atoms with van der Waals surface area (Å²) >= 11 is 5.89. The van der Waals surface area contributed by atoms with E-state index in [0.29, 0.717) is 12.0 Å². The van der Waals surface area contributed by atoms with Crippen LogP contribution in [0.3, 0.4) is 0 Å². The van der Waals surface area contributed by atoms with E-state index in [1.165, 1.54) is 23.2 Å². The third kappa shape index (κ3) is 4.69. The van der Waals surface area contributed by atoms with Crippen LogP contribution < -0.4 is 5.32 Å². The van der Waals surface area contributed by atoms with Crippen molar-refractivity contribution in [2.45, 2.75) is 65.8 Å². The molecule has 0 spiro atoms. The summed E-state index contributed by atoms with van der Waals surface area (Å²) in [7, 11) is 0. The van der Waals surface area contributed by atoms with Crippen LogP contribution in [0.2, 0.25) is 0 Å². The maximum atomic E-state index is 5.89. The summed E-state index contributed by atoms with van der Waals surface area (Å²) in [5.41, 5.74) is 7.42. The van der Waals surface area contributed by atoms with Crippen LogP contribution in [-0.2, 0) is 12.8 Å². The van der Waals surface area contributed by atoms with Gasteiger partial charge in [0.05, 0.1) is 34.8 Å². The topological polar surface area (TPSA) is 61.4 Å². The van der Waals surface area contributed by atoms with Crippen LogP contribution in [0.15, 0.2) is 48.8 Å². The van der Waals surface area contributed by atoms with E-state index in [1.807, 2.05) is 0 Å². The van der Waals surface area contributed by atoms with Crippen LogP contribution in [-0.4, -0.2) is 19.5 Å². The van der Waals surface area contributed by atoms with E-state index in [2.05, 4.69) is 95.0 Å². The fraction of sp³-hybridized carbons (Fsp3) is 0.429. The molecule has 5 nitrogen and oxygen atoms in total. The number of nitrogens with one attached hydrogen (secondary N) is 3. The Labute approximate surface area is 207 Å². The highest BCUT2D eigenvalue weighted by molar-refractivity contribution is 7.71. The van der Waals surface area contributed by atoms with Gasteiger partial charge in [-0.3, -0.25) is 4.57 Å². The van der Waals surface area contributed by atoms with Gasteiger partial charge in [-0.25, -0.2) is 4.98 Å². The number of benzene rings is 2. The van der Waals surface area contributed by atoms with Crippen molar-refractivity contribution in [3.8, 4) is 5.69 Å². The standard InChI is InChI=1S/C28H35N5S/c1-18(16-28(2,3)4)14-25-26(31-22-11-7-9-19-8-5-6-10-21(19)22)32-27(34)33(25)20-12-13-23-24(15-20)30-17-29-23/h5-6,8,10,12-13,15,17-18,22,31H,7,9,11,14,16H2,1-4H3,(H,29,30)(H,32,34). The first-order valence-corrected chi connectivity index (χ1v) is 12.8. The zero-order valence-electron chi connectivity index (χ0n) is 20.6. The predicted octanol–water partition coefficient (Wildman–Crippen LogP) is 7.52. The van der Waals surface area contributed by atoms with Crippen molar-refractivity contribution in [2.24, 2.45) is 11.3 Å². The summed E-state index contributed by atoms with van der Waals surface area (Å²) in [5.74, 6) is 1.57. The molecule has 2 atom stereocenters. The Balaban J connectivity index is 1.56. The van der Waals surface area contributed by atoms with Gasteiger partial charge in [-0.1, -0.05) is 52.0 Å². The van der Waals surface area contributed by atoms with Gasteiger partial charge in [0.1, 0.15) is 5.82 Å². The maximum Gasteiger partial charge on any atom is 0.183 e. The minimum atomic E-state index is 0.280. The summed E-state index contributed by atoms with van der Waals surface area (Å²) < 4.78 is 2.94. The van der Waals surface area contributed by atoms with Crippen LogP contribution in [0.4, 0.5) is 5.82 Å². The monoisotopic (exact) mass is 473 g/mol. The molecule has 1 aliphatic carbocycles. The normalized spacial score (nSPS) is 17.0. The van der Waals surface area contributed by atoms with Gasteiger partial charge in [0.15, 0.2) is 4.77 Å². The summed E-state index contributed by atoms with van der Waals surface area (Å²) in [5, 5.41) is 3.87. The van der Waals surface area contributed by atoms with Gasteiger partial charge in [0.2, 0.25) is 0 Å². The lowest BCUT2D eigenvalue weighted by Gasteiger charge is -2.28. The summed E-state index contributed by atoms with van der Waals surface area (Å²) in [6, 6.07) is 15.4. The van der Waals surface area contributed by atoms with E-state index < -0.39 is 0 Å². The first-order chi connectivity index (χ1) is 16.3. The largest absolute Gasteiger partial charge is 0.363 e. The molecular weight excluding hydrogens is 438 g/mol. The first kappa shape index (κ1) is 22.9. The minimum Gasteiger partial charge on any atom is -0.363 e. The highest BCUT2D eigenvalue weighted by atomic mass is 32.1. The Hall–Kier alpha value is -2.86. The Morgan fingerprint density at radius 2 is 2.03 bits per heavy atom. The number of rotatable bonds is 6. The lowest BCUT2D eigenvalue weighted by Crippen LogP contribution is -2.19. The summed E-state index contributed by atoms with van der Waals surface area (Å²) in [6.07, 6.45) is 7.32. The number of nitrogens with zero attached hydrogens (tertiary/aromatic N) is 2. The second-order valence-electron chi connectivity index (χ2n) is 11.1. The van der Waals surface area contributed by atoms with Crippen LogP contribution >= 0.6 is 12.2 Å². The lowest BCUT2D eigenvalue weighted by molar-refractivity contribution is 0.304. The molecule has 3 N–H and O–H groups in total. The number of anilines is 1. The number of aromatic amines is 2. The van der Waals surface area contributed by atoms with E-state index in [1.54, 1.807) is 6.33 Å². The smallest absolute Gasteiger partial charge is 0.183 e. The second-order valence-corrected chi connectivity index (χ2v) is 11.4. The van der Waals surface area contributed by atoms with Crippen LogP contribution in [0.25, 0.3) is 16.7 Å². The lowest BCUT2D eigenvalue weighted by atomic mass is 9.83. The Morgan fingerprint density at radius 3 is 2.85 bits per heavy atom. The average Bonchev–Trinajstić information content (AvgIpc) is 3.36. The summed E-state index contributed by atoms with van der Waals surface area (Å²) in [6.45, 7) is 9.30. The quantitative estimate of drug-likeness (QED) is 0.254. The highest BCUT2D eigenvalue weighted by Crippen LogP contribution is 2.35. The third-order valence-corrected chi connectivity index (χ3v) is 7.13. The Morgan fingerprint density at radius 1 is 1.21 bits per heavy atom. The number of hydrogen-bond donors (Lipinski definition) is 3. The SMILES string of the molecule is CC(Cc1c(NC2CCCc3ccccc32)[nH]c(=S)n1-c1ccc2nc[nH]c2c1)CC(C)(C)C. The molecule has 0 amide bonds. The van der Waals surface area contributed by atoms with Crippen molar-refractivity contribution in [1.82, 2.24) is 19.5 Å². The van der Waals surface area contributed by atoms with Crippen molar-refractivity contribution in [2.75, 3.05) is 5.32 Å². The van der Waals surface area contributed by atoms with E-state index >= 15 is 0 Å². The molecule has 2 unspecified atom stereocenters. The van der Waals surface area contributed by atoms with E-state index in [0.717, 1.165) is 53.0 Å². The molecule has 4 aromatic rings. The Bertz CT molecular complexity index is 1350. The van der Waals surface area contributed by atoms with E-state index in [9.17, 15) is 0 Å². The van der Waals surface area contributed by atoms with Crippen molar-refractivity contribution in [3.63, 3.8) is 0 Å². The number of imidazole rings is 2. The fourth-order valence-corrected chi connectivity index (χ4v) is 5.96. The number of H-pyrrole nitrogens is 2. The third-order valence-electron chi connectivity index (χ3n) is 6.85.